The average Bonchev–Trinajstić information content (AvgIpc) is 2.50. The Morgan fingerprint density at radius 1 is 1.43 bits per heavy atom. The summed E-state index contributed by atoms with van der Waals surface area (Å²) < 4.78 is 10.5. The molecular formula is C16H22ClNO3. The quantitative estimate of drug-likeness (QED) is 0.839. The van der Waals surface area contributed by atoms with Crippen molar-refractivity contribution in [3.05, 3.63) is 28.8 Å². The van der Waals surface area contributed by atoms with Crippen molar-refractivity contribution in [2.24, 2.45) is 5.92 Å². The average molecular weight is 312 g/mol. The molecule has 0 aromatic heterocycles. The van der Waals surface area contributed by atoms with Gasteiger partial charge in [0.1, 0.15) is 5.75 Å². The maximum atomic E-state index is 12.5. The summed E-state index contributed by atoms with van der Waals surface area (Å²) in [5.41, 5.74) is 0.764. The Morgan fingerprint density at radius 3 is 2.95 bits per heavy atom. The number of hydrogen-bond donors (Lipinski definition) is 0. The van der Waals surface area contributed by atoms with Crippen LogP contribution in [0, 0.1) is 5.92 Å². The molecule has 0 aliphatic carbocycles. The van der Waals surface area contributed by atoms with E-state index in [1.807, 2.05) is 17.0 Å². The van der Waals surface area contributed by atoms with E-state index < -0.39 is 0 Å². The number of halogens is 1. The highest BCUT2D eigenvalue weighted by atomic mass is 35.5. The standard InChI is InChI=1S/C16H22ClNO3/c1-20-11-12-5-4-8-18(10-12)16(19)9-13-14(17)6-3-7-15(13)21-2/h3,6-7,12H,4-5,8-11H2,1-2H3/t12-/m1/s1. The minimum Gasteiger partial charge on any atom is -0.496 e. The zero-order valence-corrected chi connectivity index (χ0v) is 13.4. The van der Waals surface area contributed by atoms with Gasteiger partial charge in [-0.2, -0.15) is 0 Å². The van der Waals surface area contributed by atoms with Gasteiger partial charge in [-0.15, -0.1) is 0 Å². The number of amides is 1. The van der Waals surface area contributed by atoms with E-state index >= 15 is 0 Å². The van der Waals surface area contributed by atoms with Gasteiger partial charge in [-0.25, -0.2) is 0 Å². The Bertz CT molecular complexity index is 490. The fraction of sp³-hybridized carbons (Fsp3) is 0.562. The third kappa shape index (κ3) is 4.11. The molecule has 21 heavy (non-hydrogen) atoms. The molecule has 1 aromatic rings. The van der Waals surface area contributed by atoms with E-state index in [0.717, 1.165) is 31.5 Å². The largest absolute Gasteiger partial charge is 0.496 e. The van der Waals surface area contributed by atoms with Crippen LogP contribution in [0.2, 0.25) is 5.02 Å². The molecule has 0 spiro atoms. The summed E-state index contributed by atoms with van der Waals surface area (Å²) in [4.78, 5) is 14.4. The van der Waals surface area contributed by atoms with E-state index in [0.29, 0.717) is 23.3 Å². The van der Waals surface area contributed by atoms with Crippen LogP contribution in [0.3, 0.4) is 0 Å². The Balaban J connectivity index is 2.04. The maximum Gasteiger partial charge on any atom is 0.227 e. The summed E-state index contributed by atoms with van der Waals surface area (Å²) in [5.74, 6) is 1.20. The van der Waals surface area contributed by atoms with Gasteiger partial charge >= 0.3 is 0 Å². The molecule has 1 saturated heterocycles. The molecule has 1 aliphatic heterocycles. The molecule has 0 unspecified atom stereocenters. The van der Waals surface area contributed by atoms with Crippen LogP contribution in [0.25, 0.3) is 0 Å². The lowest BCUT2D eigenvalue weighted by atomic mass is 9.98. The van der Waals surface area contributed by atoms with Crippen molar-refractivity contribution in [3.8, 4) is 5.75 Å². The first-order chi connectivity index (χ1) is 10.2. The second kappa shape index (κ2) is 7.66. The topological polar surface area (TPSA) is 38.8 Å². The summed E-state index contributed by atoms with van der Waals surface area (Å²) >= 11 is 6.20. The lowest BCUT2D eigenvalue weighted by molar-refractivity contribution is -0.132. The second-order valence-corrected chi connectivity index (χ2v) is 5.81. The van der Waals surface area contributed by atoms with Gasteiger partial charge in [0.25, 0.3) is 0 Å². The van der Waals surface area contributed by atoms with Crippen LogP contribution in [-0.4, -0.2) is 44.7 Å². The monoisotopic (exact) mass is 311 g/mol. The Morgan fingerprint density at radius 2 is 2.24 bits per heavy atom. The normalized spacial score (nSPS) is 18.6. The van der Waals surface area contributed by atoms with Gasteiger partial charge in [-0.1, -0.05) is 17.7 Å². The smallest absolute Gasteiger partial charge is 0.227 e. The number of piperidine rings is 1. The highest BCUT2D eigenvalue weighted by molar-refractivity contribution is 6.31. The molecular weight excluding hydrogens is 290 g/mol. The number of hydrogen-bond acceptors (Lipinski definition) is 3. The van der Waals surface area contributed by atoms with Crippen molar-refractivity contribution in [1.82, 2.24) is 4.90 Å². The molecule has 0 radical (unpaired) electrons. The molecule has 1 aromatic carbocycles. The lowest BCUT2D eigenvalue weighted by Gasteiger charge is -2.32. The van der Waals surface area contributed by atoms with Crippen LogP contribution in [0.4, 0.5) is 0 Å². The summed E-state index contributed by atoms with van der Waals surface area (Å²) in [6.45, 7) is 2.28. The van der Waals surface area contributed by atoms with Crippen LogP contribution in [-0.2, 0) is 16.0 Å². The first kappa shape index (κ1) is 16.1. The maximum absolute atomic E-state index is 12.5. The summed E-state index contributed by atoms with van der Waals surface area (Å²) in [5, 5.41) is 0.577. The number of nitrogens with zero attached hydrogens (tertiary/aromatic N) is 1. The minimum atomic E-state index is 0.0993. The van der Waals surface area contributed by atoms with Gasteiger partial charge in [-0.05, 0) is 30.9 Å². The number of likely N-dealkylation sites (tertiary alicyclic amines) is 1. The SMILES string of the molecule is COC[C@@H]1CCCN(C(=O)Cc2c(Cl)cccc2OC)C1. The first-order valence-corrected chi connectivity index (χ1v) is 7.61. The second-order valence-electron chi connectivity index (χ2n) is 5.40. The van der Waals surface area contributed by atoms with E-state index in [1.54, 1.807) is 20.3 Å². The lowest BCUT2D eigenvalue weighted by Crippen LogP contribution is -2.41. The highest BCUT2D eigenvalue weighted by Gasteiger charge is 2.24. The Hall–Kier alpha value is -1.26. The fourth-order valence-corrected chi connectivity index (χ4v) is 3.06. The highest BCUT2D eigenvalue weighted by Crippen LogP contribution is 2.28. The van der Waals surface area contributed by atoms with Crippen LogP contribution in [0.5, 0.6) is 5.75 Å². The molecule has 1 aliphatic rings. The third-order valence-corrected chi connectivity index (χ3v) is 4.25. The fourth-order valence-electron chi connectivity index (χ4n) is 2.83. The number of benzene rings is 1. The van der Waals surface area contributed by atoms with Crippen LogP contribution in [0.15, 0.2) is 18.2 Å². The molecule has 0 bridgehead atoms. The van der Waals surface area contributed by atoms with Gasteiger partial charge in [-0.3, -0.25) is 4.79 Å². The molecule has 0 saturated carbocycles. The minimum absolute atomic E-state index is 0.0993. The van der Waals surface area contributed by atoms with Crippen molar-refractivity contribution in [2.45, 2.75) is 19.3 Å². The molecule has 1 fully saturated rings. The van der Waals surface area contributed by atoms with E-state index in [9.17, 15) is 4.79 Å². The van der Waals surface area contributed by atoms with Gasteiger partial charge in [0.05, 0.1) is 20.1 Å². The van der Waals surface area contributed by atoms with Crippen LogP contribution >= 0.6 is 11.6 Å². The molecule has 5 heteroatoms. The number of ether oxygens (including phenoxy) is 2. The van der Waals surface area contributed by atoms with Crippen molar-refractivity contribution >= 4 is 17.5 Å². The summed E-state index contributed by atoms with van der Waals surface area (Å²) in [6, 6.07) is 5.44. The molecule has 1 amide bonds. The molecule has 1 heterocycles. The predicted molar refractivity (Wildman–Crippen MR) is 82.9 cm³/mol. The Labute approximate surface area is 131 Å². The van der Waals surface area contributed by atoms with Crippen molar-refractivity contribution in [1.29, 1.82) is 0 Å². The number of carbonyl (C=O) groups is 1. The zero-order valence-electron chi connectivity index (χ0n) is 12.6. The van der Waals surface area contributed by atoms with E-state index in [4.69, 9.17) is 21.1 Å². The molecule has 116 valence electrons. The van der Waals surface area contributed by atoms with Gasteiger partial charge < -0.3 is 14.4 Å². The van der Waals surface area contributed by atoms with E-state index in [1.165, 1.54) is 0 Å². The molecule has 4 nitrogen and oxygen atoms in total. The van der Waals surface area contributed by atoms with Crippen molar-refractivity contribution in [3.63, 3.8) is 0 Å². The zero-order chi connectivity index (χ0) is 15.2. The molecule has 1 atom stereocenters. The van der Waals surface area contributed by atoms with Crippen LogP contribution in [0.1, 0.15) is 18.4 Å². The summed E-state index contributed by atoms with van der Waals surface area (Å²) in [6.07, 6.45) is 2.43. The predicted octanol–water partition coefficient (Wildman–Crippen LogP) is 2.78. The third-order valence-electron chi connectivity index (χ3n) is 3.90. The number of carbonyl (C=O) groups excluding carboxylic acids is 1. The van der Waals surface area contributed by atoms with Gasteiger partial charge in [0, 0.05) is 30.8 Å². The van der Waals surface area contributed by atoms with Crippen molar-refractivity contribution in [2.75, 3.05) is 33.9 Å². The molecule has 2 rings (SSSR count). The van der Waals surface area contributed by atoms with Gasteiger partial charge in [0.15, 0.2) is 0 Å². The molecule has 0 N–H and O–H groups in total. The van der Waals surface area contributed by atoms with Crippen molar-refractivity contribution < 1.29 is 14.3 Å². The number of rotatable bonds is 5. The number of methoxy groups -OCH3 is 2. The van der Waals surface area contributed by atoms with E-state index in [-0.39, 0.29) is 12.3 Å². The van der Waals surface area contributed by atoms with Crippen LogP contribution < -0.4 is 4.74 Å². The summed E-state index contributed by atoms with van der Waals surface area (Å²) in [7, 11) is 3.30. The van der Waals surface area contributed by atoms with Gasteiger partial charge in [0.2, 0.25) is 5.91 Å². The Kier molecular flexibility index (Phi) is 5.88. The van der Waals surface area contributed by atoms with E-state index in [2.05, 4.69) is 0 Å². The first-order valence-electron chi connectivity index (χ1n) is 7.23.